The highest BCUT2D eigenvalue weighted by molar-refractivity contribution is 6.17. The van der Waals surface area contributed by atoms with E-state index in [1.165, 1.54) is 6.07 Å². The van der Waals surface area contributed by atoms with Crippen LogP contribution in [0.2, 0.25) is 0 Å². The third-order valence-electron chi connectivity index (χ3n) is 2.49. The lowest BCUT2D eigenvalue weighted by Crippen LogP contribution is -1.96. The monoisotopic (exact) mass is 297 g/mol. The number of nitriles is 1. The first-order valence-corrected chi connectivity index (χ1v) is 6.00. The molecule has 2 aromatic carbocycles. The van der Waals surface area contributed by atoms with Crippen LogP contribution in [0.1, 0.15) is 11.1 Å². The van der Waals surface area contributed by atoms with Crippen molar-refractivity contribution in [2.24, 2.45) is 0 Å². The van der Waals surface area contributed by atoms with E-state index < -0.39 is 23.2 Å². The molecule has 0 saturated carbocycles. The summed E-state index contributed by atoms with van der Waals surface area (Å²) in [5, 5.41) is 8.60. The van der Waals surface area contributed by atoms with Crippen LogP contribution < -0.4 is 4.74 Å². The van der Waals surface area contributed by atoms with Crippen LogP contribution in [-0.2, 0) is 5.88 Å². The third kappa shape index (κ3) is 2.86. The fraction of sp³-hybridized carbons (Fsp3) is 0.0714. The second kappa shape index (κ2) is 5.85. The van der Waals surface area contributed by atoms with Gasteiger partial charge in [-0.05, 0) is 35.9 Å². The van der Waals surface area contributed by atoms with E-state index in [1.807, 2.05) is 0 Å². The van der Waals surface area contributed by atoms with Crippen molar-refractivity contribution in [3.05, 3.63) is 58.9 Å². The van der Waals surface area contributed by atoms with Crippen LogP contribution in [0.25, 0.3) is 0 Å². The predicted octanol–water partition coefficient (Wildman–Crippen LogP) is 4.51. The maximum absolute atomic E-state index is 13.7. The molecular weight excluding hydrogens is 291 g/mol. The Morgan fingerprint density at radius 1 is 1.05 bits per heavy atom. The Labute approximate surface area is 118 Å². The van der Waals surface area contributed by atoms with Gasteiger partial charge in [0.25, 0.3) is 0 Å². The van der Waals surface area contributed by atoms with Crippen molar-refractivity contribution in [2.75, 3.05) is 0 Å². The van der Waals surface area contributed by atoms with Crippen LogP contribution in [0.3, 0.4) is 0 Å². The average molecular weight is 298 g/mol. The van der Waals surface area contributed by atoms with Gasteiger partial charge in [-0.25, -0.2) is 13.2 Å². The molecule has 20 heavy (non-hydrogen) atoms. The minimum Gasteiger partial charge on any atom is -0.448 e. The third-order valence-corrected chi connectivity index (χ3v) is 2.79. The second-order valence-corrected chi connectivity index (χ2v) is 4.15. The first kappa shape index (κ1) is 14.2. The van der Waals surface area contributed by atoms with Crippen molar-refractivity contribution in [3.8, 4) is 17.6 Å². The molecule has 0 aromatic heterocycles. The van der Waals surface area contributed by atoms with E-state index in [4.69, 9.17) is 21.6 Å². The summed E-state index contributed by atoms with van der Waals surface area (Å²) in [6.45, 7) is 0. The molecule has 0 aliphatic rings. The number of hydrogen-bond acceptors (Lipinski definition) is 2. The molecule has 0 aliphatic carbocycles. The summed E-state index contributed by atoms with van der Waals surface area (Å²) < 4.78 is 45.8. The maximum atomic E-state index is 13.7. The van der Waals surface area contributed by atoms with E-state index in [9.17, 15) is 13.2 Å². The number of alkyl halides is 1. The predicted molar refractivity (Wildman–Crippen MR) is 67.1 cm³/mol. The lowest BCUT2D eigenvalue weighted by molar-refractivity contribution is 0.387. The zero-order valence-corrected chi connectivity index (χ0v) is 10.7. The van der Waals surface area contributed by atoms with Crippen molar-refractivity contribution < 1.29 is 17.9 Å². The highest BCUT2D eigenvalue weighted by Crippen LogP contribution is 2.30. The van der Waals surface area contributed by atoms with E-state index in [2.05, 4.69) is 0 Å². The van der Waals surface area contributed by atoms with Gasteiger partial charge in [0.05, 0.1) is 11.6 Å². The Balaban J connectivity index is 2.38. The van der Waals surface area contributed by atoms with Gasteiger partial charge in [-0.15, -0.1) is 11.6 Å². The quantitative estimate of drug-likeness (QED) is 0.781. The highest BCUT2D eigenvalue weighted by atomic mass is 35.5. The van der Waals surface area contributed by atoms with E-state index in [1.54, 1.807) is 6.07 Å². The minimum absolute atomic E-state index is 0.0562. The van der Waals surface area contributed by atoms with Crippen LogP contribution in [0.4, 0.5) is 13.2 Å². The summed E-state index contributed by atoms with van der Waals surface area (Å²) >= 11 is 5.48. The van der Waals surface area contributed by atoms with Crippen molar-refractivity contribution >= 4 is 11.6 Å². The van der Waals surface area contributed by atoms with Gasteiger partial charge in [-0.3, -0.25) is 0 Å². The van der Waals surface area contributed by atoms with E-state index in [-0.39, 0.29) is 22.8 Å². The Morgan fingerprint density at radius 3 is 2.20 bits per heavy atom. The van der Waals surface area contributed by atoms with Crippen LogP contribution in [-0.4, -0.2) is 0 Å². The molecule has 6 heteroatoms. The van der Waals surface area contributed by atoms with Gasteiger partial charge in [0.2, 0.25) is 0 Å². The van der Waals surface area contributed by atoms with Gasteiger partial charge in [0.1, 0.15) is 0 Å². The van der Waals surface area contributed by atoms with Gasteiger partial charge >= 0.3 is 0 Å². The van der Waals surface area contributed by atoms with Gasteiger partial charge in [0.15, 0.2) is 29.0 Å². The first-order chi connectivity index (χ1) is 9.55. The van der Waals surface area contributed by atoms with Crippen molar-refractivity contribution in [1.29, 1.82) is 5.26 Å². The number of nitrogens with zero attached hydrogens (tertiary/aromatic N) is 1. The fourth-order valence-corrected chi connectivity index (χ4v) is 1.70. The smallest absolute Gasteiger partial charge is 0.198 e. The Hall–Kier alpha value is -2.19. The molecule has 0 aliphatic heterocycles. The maximum Gasteiger partial charge on any atom is 0.198 e. The van der Waals surface area contributed by atoms with Gasteiger partial charge in [0, 0.05) is 5.88 Å². The van der Waals surface area contributed by atoms with Crippen molar-refractivity contribution in [2.45, 2.75) is 5.88 Å². The molecule has 2 rings (SSSR count). The van der Waals surface area contributed by atoms with E-state index >= 15 is 0 Å². The summed E-state index contributed by atoms with van der Waals surface area (Å²) in [6.07, 6.45) is 0. The molecule has 0 N–H and O–H groups in total. The standard InChI is InChI=1S/C14H7ClF3NO/c15-6-9-4-11(17)14(12(18)5-9)20-13-2-1-8(7-19)3-10(13)16/h1-5H,6H2. The average Bonchev–Trinajstić information content (AvgIpc) is 2.43. The lowest BCUT2D eigenvalue weighted by Gasteiger charge is -2.10. The number of rotatable bonds is 3. The Kier molecular flexibility index (Phi) is 4.16. The minimum atomic E-state index is -0.982. The molecule has 0 heterocycles. The largest absolute Gasteiger partial charge is 0.448 e. The fourth-order valence-electron chi connectivity index (χ4n) is 1.55. The molecular formula is C14H7ClF3NO. The van der Waals surface area contributed by atoms with E-state index in [0.717, 1.165) is 24.3 Å². The van der Waals surface area contributed by atoms with Crippen molar-refractivity contribution in [1.82, 2.24) is 0 Å². The molecule has 0 unspecified atom stereocenters. The molecule has 0 spiro atoms. The molecule has 0 saturated heterocycles. The SMILES string of the molecule is N#Cc1ccc(Oc2c(F)cc(CCl)cc2F)c(F)c1. The highest BCUT2D eigenvalue weighted by Gasteiger charge is 2.15. The molecule has 0 atom stereocenters. The molecule has 2 nitrogen and oxygen atoms in total. The van der Waals surface area contributed by atoms with Crippen molar-refractivity contribution in [3.63, 3.8) is 0 Å². The summed E-state index contributed by atoms with van der Waals surface area (Å²) in [4.78, 5) is 0. The Morgan fingerprint density at radius 2 is 1.70 bits per heavy atom. The molecule has 0 bridgehead atoms. The zero-order chi connectivity index (χ0) is 14.7. The number of halogens is 4. The van der Waals surface area contributed by atoms with Crippen LogP contribution in [0.5, 0.6) is 11.5 Å². The summed E-state index contributed by atoms with van der Waals surface area (Å²) in [5.74, 6) is -4.00. The number of hydrogen-bond donors (Lipinski definition) is 0. The molecule has 0 radical (unpaired) electrons. The van der Waals surface area contributed by atoms with Gasteiger partial charge in [-0.1, -0.05) is 0 Å². The Bertz CT molecular complexity index is 674. The van der Waals surface area contributed by atoms with Gasteiger partial charge in [-0.2, -0.15) is 5.26 Å². The van der Waals surface area contributed by atoms with Crippen LogP contribution >= 0.6 is 11.6 Å². The van der Waals surface area contributed by atoms with Crippen LogP contribution in [0.15, 0.2) is 30.3 Å². The zero-order valence-electron chi connectivity index (χ0n) is 9.96. The molecule has 0 fully saturated rings. The normalized spacial score (nSPS) is 10.2. The number of ether oxygens (including phenoxy) is 1. The summed E-state index contributed by atoms with van der Waals surface area (Å²) in [6, 6.07) is 7.07. The number of benzene rings is 2. The first-order valence-electron chi connectivity index (χ1n) is 5.46. The van der Waals surface area contributed by atoms with E-state index in [0.29, 0.717) is 0 Å². The summed E-state index contributed by atoms with van der Waals surface area (Å²) in [5.41, 5.74) is 0.322. The second-order valence-electron chi connectivity index (χ2n) is 3.88. The van der Waals surface area contributed by atoms with Gasteiger partial charge < -0.3 is 4.74 Å². The van der Waals surface area contributed by atoms with Crippen LogP contribution in [0, 0.1) is 28.8 Å². The molecule has 0 amide bonds. The lowest BCUT2D eigenvalue weighted by atomic mass is 10.2. The topological polar surface area (TPSA) is 33.0 Å². The molecule has 102 valence electrons. The molecule has 2 aromatic rings. The summed E-state index contributed by atoms with van der Waals surface area (Å²) in [7, 11) is 0.